The molecule has 6 nitrogen and oxygen atoms in total. The molecule has 0 amide bonds. The zero-order chi connectivity index (χ0) is 19.0. The normalized spacial score (nSPS) is 20.6. The van der Waals surface area contributed by atoms with E-state index in [1.54, 1.807) is 0 Å². The van der Waals surface area contributed by atoms with Gasteiger partial charge in [0.25, 0.3) is 0 Å². The van der Waals surface area contributed by atoms with E-state index in [0.29, 0.717) is 6.54 Å². The Balaban J connectivity index is 1.58. The zero-order valence-electron chi connectivity index (χ0n) is 16.0. The minimum Gasteiger partial charge on any atom is -0.299 e. The van der Waals surface area contributed by atoms with Gasteiger partial charge in [-0.2, -0.15) is 5.10 Å². The number of carbonyl (C=O) groups excluding carboxylic acids is 1. The number of nitrogens with zero attached hydrogens (tertiary/aromatic N) is 4. The van der Waals surface area contributed by atoms with Crippen LogP contribution in [0.25, 0.3) is 11.0 Å². The molecule has 1 N–H and O–H groups in total. The van der Waals surface area contributed by atoms with Crippen molar-refractivity contribution in [3.8, 4) is 0 Å². The van der Waals surface area contributed by atoms with Crippen molar-refractivity contribution in [1.29, 1.82) is 0 Å². The van der Waals surface area contributed by atoms with Crippen LogP contribution in [0.1, 0.15) is 36.0 Å². The summed E-state index contributed by atoms with van der Waals surface area (Å²) in [5.74, 6) is 0. The van der Waals surface area contributed by atoms with Crippen LogP contribution < -0.4 is 0 Å². The quantitative estimate of drug-likeness (QED) is 0.711. The van der Waals surface area contributed by atoms with Crippen molar-refractivity contribution in [1.82, 2.24) is 25.0 Å². The molecule has 3 aromatic rings. The lowest BCUT2D eigenvalue weighted by Gasteiger charge is -2.50. The second-order valence-corrected chi connectivity index (χ2v) is 7.82. The molecule has 0 bridgehead atoms. The van der Waals surface area contributed by atoms with Crippen LogP contribution in [0.5, 0.6) is 0 Å². The number of piperidine rings is 1. The zero-order valence-corrected chi connectivity index (χ0v) is 16.0. The Morgan fingerprint density at radius 2 is 1.82 bits per heavy atom. The number of H-pyrrole nitrogens is 1. The Hall–Kier alpha value is -2.57. The molecule has 1 aromatic carbocycles. The predicted octanol–water partition coefficient (Wildman–Crippen LogP) is 2.85. The summed E-state index contributed by atoms with van der Waals surface area (Å²) in [6, 6.07) is 10.3. The number of likely N-dealkylation sites (tertiary alicyclic amines) is 1. The highest BCUT2D eigenvalue weighted by Gasteiger charge is 2.45. The number of rotatable bonds is 4. The van der Waals surface area contributed by atoms with E-state index < -0.39 is 5.66 Å². The van der Waals surface area contributed by atoms with Crippen LogP contribution in [-0.2, 0) is 23.4 Å². The number of nitrogens with one attached hydrogen (secondary N) is 1. The predicted molar refractivity (Wildman–Crippen MR) is 108 cm³/mol. The van der Waals surface area contributed by atoms with Crippen LogP contribution in [0, 0.1) is 0 Å². The first-order valence-electron chi connectivity index (χ1n) is 10.1. The minimum atomic E-state index is -0.718. The standard InChI is InChI=1S/C22H25N5O/c28-16-22(18-7-3-1-4-8-18,26-10-5-2-6-11-26)27-12-9-19-17(15-27)13-23-21-20(19)14-24-25-21/h1,3-4,7-8,13-14,16H,2,5-6,9-12,15H2,(H,23,24,25). The molecule has 144 valence electrons. The fraction of sp³-hybridized carbons (Fsp3) is 0.409. The fourth-order valence-corrected chi connectivity index (χ4v) is 4.95. The third-order valence-electron chi connectivity index (χ3n) is 6.36. The van der Waals surface area contributed by atoms with E-state index in [2.05, 4.69) is 37.1 Å². The molecule has 4 heterocycles. The third kappa shape index (κ3) is 2.67. The molecule has 2 aliphatic heterocycles. The highest BCUT2D eigenvalue weighted by Crippen LogP contribution is 2.37. The summed E-state index contributed by atoms with van der Waals surface area (Å²) in [7, 11) is 0. The van der Waals surface area contributed by atoms with Crippen LogP contribution >= 0.6 is 0 Å². The number of carbonyl (C=O) groups is 1. The van der Waals surface area contributed by atoms with Crippen molar-refractivity contribution in [3.63, 3.8) is 0 Å². The number of benzene rings is 1. The number of aldehydes is 1. The molecule has 2 aromatic heterocycles. The lowest BCUT2D eigenvalue weighted by Crippen LogP contribution is -2.61. The second kappa shape index (κ2) is 7.11. The van der Waals surface area contributed by atoms with Gasteiger partial charge < -0.3 is 0 Å². The van der Waals surface area contributed by atoms with Gasteiger partial charge in [-0.3, -0.25) is 19.7 Å². The SMILES string of the molecule is O=CC(c1ccccc1)(N1CCCCC1)N1CCc2c(cnc3[nH]ncc23)C1. The Labute approximate surface area is 164 Å². The smallest absolute Gasteiger partial charge is 0.159 e. The van der Waals surface area contributed by atoms with Crippen molar-refractivity contribution >= 4 is 17.3 Å². The van der Waals surface area contributed by atoms with E-state index in [0.717, 1.165) is 55.5 Å². The first-order valence-corrected chi connectivity index (χ1v) is 10.1. The van der Waals surface area contributed by atoms with Gasteiger partial charge in [0.1, 0.15) is 0 Å². The molecule has 2 aliphatic rings. The third-order valence-corrected chi connectivity index (χ3v) is 6.36. The summed E-state index contributed by atoms with van der Waals surface area (Å²) in [5.41, 5.74) is 3.69. The molecule has 1 unspecified atom stereocenters. The van der Waals surface area contributed by atoms with Gasteiger partial charge >= 0.3 is 0 Å². The lowest BCUT2D eigenvalue weighted by atomic mass is 9.90. The molecular weight excluding hydrogens is 350 g/mol. The number of pyridine rings is 1. The molecule has 0 spiro atoms. The number of hydrogen-bond donors (Lipinski definition) is 1. The highest BCUT2D eigenvalue weighted by molar-refractivity contribution is 5.79. The van der Waals surface area contributed by atoms with E-state index in [-0.39, 0.29) is 0 Å². The molecule has 0 aliphatic carbocycles. The van der Waals surface area contributed by atoms with Crippen molar-refractivity contribution in [3.05, 3.63) is 59.4 Å². The monoisotopic (exact) mass is 375 g/mol. The largest absolute Gasteiger partial charge is 0.299 e. The maximum atomic E-state index is 12.8. The molecule has 6 heteroatoms. The van der Waals surface area contributed by atoms with E-state index >= 15 is 0 Å². The minimum absolute atomic E-state index is 0.716. The summed E-state index contributed by atoms with van der Waals surface area (Å²) in [6.07, 6.45) is 9.40. The first-order chi connectivity index (χ1) is 13.8. The number of fused-ring (bicyclic) bond motifs is 3. The topological polar surface area (TPSA) is 65.1 Å². The Kier molecular flexibility index (Phi) is 4.45. The number of aromatic nitrogens is 3. The van der Waals surface area contributed by atoms with E-state index in [1.807, 2.05) is 30.6 Å². The maximum absolute atomic E-state index is 12.8. The summed E-state index contributed by atoms with van der Waals surface area (Å²) in [5, 5.41) is 8.21. The average Bonchev–Trinajstić information content (AvgIpc) is 3.25. The van der Waals surface area contributed by atoms with Crippen LogP contribution in [0.15, 0.2) is 42.7 Å². The Morgan fingerprint density at radius 1 is 1.00 bits per heavy atom. The summed E-state index contributed by atoms with van der Waals surface area (Å²) in [4.78, 5) is 22.1. The van der Waals surface area contributed by atoms with Crippen LogP contribution in [0.4, 0.5) is 0 Å². The van der Waals surface area contributed by atoms with Crippen LogP contribution in [0.2, 0.25) is 0 Å². The van der Waals surface area contributed by atoms with Crippen LogP contribution in [-0.4, -0.2) is 50.9 Å². The number of hydrogen-bond acceptors (Lipinski definition) is 5. The summed E-state index contributed by atoms with van der Waals surface area (Å²) in [6.45, 7) is 3.46. The van der Waals surface area contributed by atoms with Gasteiger partial charge in [0, 0.05) is 37.8 Å². The molecule has 5 rings (SSSR count). The lowest BCUT2D eigenvalue weighted by molar-refractivity contribution is -0.139. The molecular formula is C22H25N5O. The van der Waals surface area contributed by atoms with Gasteiger partial charge in [0.05, 0.1) is 6.20 Å². The molecule has 0 saturated carbocycles. The van der Waals surface area contributed by atoms with Gasteiger partial charge in [0.2, 0.25) is 0 Å². The van der Waals surface area contributed by atoms with E-state index in [9.17, 15) is 4.79 Å². The molecule has 28 heavy (non-hydrogen) atoms. The summed E-state index contributed by atoms with van der Waals surface area (Å²) >= 11 is 0. The van der Waals surface area contributed by atoms with E-state index in [1.165, 1.54) is 23.8 Å². The number of aromatic amines is 1. The average molecular weight is 375 g/mol. The van der Waals surface area contributed by atoms with Gasteiger partial charge in [-0.1, -0.05) is 36.8 Å². The first kappa shape index (κ1) is 17.5. The van der Waals surface area contributed by atoms with Crippen LogP contribution in [0.3, 0.4) is 0 Å². The van der Waals surface area contributed by atoms with E-state index in [4.69, 9.17) is 0 Å². The van der Waals surface area contributed by atoms with Crippen molar-refractivity contribution in [2.24, 2.45) is 0 Å². The maximum Gasteiger partial charge on any atom is 0.159 e. The molecule has 1 fully saturated rings. The fourth-order valence-electron chi connectivity index (χ4n) is 4.95. The molecule has 1 saturated heterocycles. The second-order valence-electron chi connectivity index (χ2n) is 7.82. The van der Waals surface area contributed by atoms with Crippen molar-refractivity contribution in [2.75, 3.05) is 19.6 Å². The van der Waals surface area contributed by atoms with Gasteiger partial charge in [-0.15, -0.1) is 0 Å². The summed E-state index contributed by atoms with van der Waals surface area (Å²) < 4.78 is 0. The van der Waals surface area contributed by atoms with Gasteiger partial charge in [-0.05, 0) is 36.0 Å². The van der Waals surface area contributed by atoms with Crippen molar-refractivity contribution < 1.29 is 4.79 Å². The molecule has 0 radical (unpaired) electrons. The highest BCUT2D eigenvalue weighted by atomic mass is 16.1. The van der Waals surface area contributed by atoms with Crippen molar-refractivity contribution in [2.45, 2.75) is 37.9 Å². The van der Waals surface area contributed by atoms with Gasteiger partial charge in [-0.25, -0.2) is 4.98 Å². The Bertz CT molecular complexity index is 979. The molecule has 1 atom stereocenters. The Morgan fingerprint density at radius 3 is 2.61 bits per heavy atom. The van der Waals surface area contributed by atoms with Gasteiger partial charge in [0.15, 0.2) is 17.6 Å².